The van der Waals surface area contributed by atoms with Crippen LogP contribution in [-0.4, -0.2) is 22.7 Å². The molecule has 128 valence electrons. The molecule has 0 fully saturated rings. The van der Waals surface area contributed by atoms with Crippen LogP contribution in [0.15, 0.2) is 59.1 Å². The number of aromatic nitrogens is 2. The van der Waals surface area contributed by atoms with Crippen LogP contribution in [0.5, 0.6) is 5.75 Å². The van der Waals surface area contributed by atoms with Gasteiger partial charge in [-0.2, -0.15) is 4.98 Å². The monoisotopic (exact) mass is 341 g/mol. The predicted octanol–water partition coefficient (Wildman–Crippen LogP) is 3.13. The molecule has 25 heavy (non-hydrogen) atoms. The fourth-order valence-electron chi connectivity index (χ4n) is 2.14. The number of hydrogen-bond acceptors (Lipinski definition) is 5. The molecule has 0 aliphatic heterocycles. The molecule has 2 aromatic carbocycles. The third kappa shape index (κ3) is 4.41. The van der Waals surface area contributed by atoms with Crippen molar-refractivity contribution in [2.24, 2.45) is 0 Å². The number of hydrogen-bond donors (Lipinski definition) is 1. The fraction of sp³-hybridized carbons (Fsp3) is 0.167. The van der Waals surface area contributed by atoms with Gasteiger partial charge in [-0.25, -0.2) is 4.39 Å². The first-order chi connectivity index (χ1) is 12.1. The van der Waals surface area contributed by atoms with Crippen molar-refractivity contribution in [3.63, 3.8) is 0 Å². The first-order valence-electron chi connectivity index (χ1n) is 7.68. The maximum atomic E-state index is 13.0. The Morgan fingerprint density at radius 3 is 2.64 bits per heavy atom. The average molecular weight is 341 g/mol. The van der Waals surface area contributed by atoms with Gasteiger partial charge >= 0.3 is 0 Å². The van der Waals surface area contributed by atoms with E-state index in [4.69, 9.17) is 9.26 Å². The fourth-order valence-corrected chi connectivity index (χ4v) is 2.14. The van der Waals surface area contributed by atoms with Gasteiger partial charge in [-0.1, -0.05) is 23.4 Å². The highest BCUT2D eigenvalue weighted by Gasteiger charge is 2.17. The van der Waals surface area contributed by atoms with E-state index in [0.717, 1.165) is 0 Å². The lowest BCUT2D eigenvalue weighted by atomic mass is 10.2. The summed E-state index contributed by atoms with van der Waals surface area (Å²) in [4.78, 5) is 16.2. The topological polar surface area (TPSA) is 77.2 Å². The molecule has 1 N–H and O–H groups in total. The van der Waals surface area contributed by atoms with E-state index in [-0.39, 0.29) is 24.2 Å². The van der Waals surface area contributed by atoms with Gasteiger partial charge in [-0.3, -0.25) is 4.79 Å². The second-order valence-corrected chi connectivity index (χ2v) is 5.35. The van der Waals surface area contributed by atoms with E-state index < -0.39 is 6.04 Å². The normalized spacial score (nSPS) is 11.8. The van der Waals surface area contributed by atoms with E-state index in [1.54, 1.807) is 31.2 Å². The summed E-state index contributed by atoms with van der Waals surface area (Å²) in [6, 6.07) is 14.3. The van der Waals surface area contributed by atoms with Gasteiger partial charge in [0.2, 0.25) is 11.7 Å². The molecular formula is C18H16FN3O3. The number of nitrogens with one attached hydrogen (secondary N) is 1. The Morgan fingerprint density at radius 1 is 1.20 bits per heavy atom. The molecule has 0 bridgehead atoms. The van der Waals surface area contributed by atoms with Crippen LogP contribution in [0, 0.1) is 5.82 Å². The van der Waals surface area contributed by atoms with Crippen LogP contribution in [0.2, 0.25) is 0 Å². The lowest BCUT2D eigenvalue weighted by Gasteiger charge is -2.10. The molecule has 0 spiro atoms. The van der Waals surface area contributed by atoms with Crippen molar-refractivity contribution in [2.45, 2.75) is 13.0 Å². The summed E-state index contributed by atoms with van der Waals surface area (Å²) < 4.78 is 23.5. The smallest absolute Gasteiger partial charge is 0.258 e. The zero-order valence-electron chi connectivity index (χ0n) is 13.5. The van der Waals surface area contributed by atoms with Crippen LogP contribution in [0.4, 0.5) is 4.39 Å². The second-order valence-electron chi connectivity index (χ2n) is 5.35. The van der Waals surface area contributed by atoms with Crippen molar-refractivity contribution in [1.82, 2.24) is 15.5 Å². The molecule has 6 nitrogen and oxygen atoms in total. The lowest BCUT2D eigenvalue weighted by Crippen LogP contribution is -2.31. The number of para-hydroxylation sites is 1. The van der Waals surface area contributed by atoms with Gasteiger partial charge in [0, 0.05) is 5.56 Å². The summed E-state index contributed by atoms with van der Waals surface area (Å²) in [5.74, 6) is 0.551. The van der Waals surface area contributed by atoms with Crippen molar-refractivity contribution < 1.29 is 18.4 Å². The summed E-state index contributed by atoms with van der Waals surface area (Å²) in [6.07, 6.45) is 0. The first-order valence-corrected chi connectivity index (χ1v) is 7.68. The Bertz CT molecular complexity index is 834. The van der Waals surface area contributed by atoms with E-state index in [2.05, 4.69) is 15.5 Å². The molecule has 1 amide bonds. The van der Waals surface area contributed by atoms with Gasteiger partial charge < -0.3 is 14.6 Å². The zero-order valence-corrected chi connectivity index (χ0v) is 13.5. The molecule has 1 heterocycles. The first kappa shape index (κ1) is 16.6. The van der Waals surface area contributed by atoms with E-state index in [0.29, 0.717) is 17.1 Å². The van der Waals surface area contributed by atoms with Gasteiger partial charge in [-0.15, -0.1) is 0 Å². The van der Waals surface area contributed by atoms with E-state index in [1.165, 1.54) is 12.1 Å². The minimum absolute atomic E-state index is 0.118. The molecule has 0 unspecified atom stereocenters. The van der Waals surface area contributed by atoms with Crippen molar-refractivity contribution in [1.29, 1.82) is 0 Å². The molecular weight excluding hydrogens is 325 g/mol. The van der Waals surface area contributed by atoms with Crippen molar-refractivity contribution in [3.05, 3.63) is 66.3 Å². The van der Waals surface area contributed by atoms with Crippen molar-refractivity contribution >= 4 is 5.91 Å². The van der Waals surface area contributed by atoms with Gasteiger partial charge in [0.15, 0.2) is 6.61 Å². The van der Waals surface area contributed by atoms with Gasteiger partial charge in [0.1, 0.15) is 17.6 Å². The number of carbonyl (C=O) groups is 1. The number of amides is 1. The van der Waals surface area contributed by atoms with Gasteiger partial charge in [-0.05, 0) is 43.3 Å². The maximum absolute atomic E-state index is 13.0. The minimum Gasteiger partial charge on any atom is -0.484 e. The summed E-state index contributed by atoms with van der Waals surface area (Å²) in [6.45, 7) is 1.61. The van der Waals surface area contributed by atoms with Crippen LogP contribution in [0.25, 0.3) is 11.4 Å². The maximum Gasteiger partial charge on any atom is 0.258 e. The third-order valence-corrected chi connectivity index (χ3v) is 3.41. The molecule has 0 radical (unpaired) electrons. The van der Waals surface area contributed by atoms with E-state index in [9.17, 15) is 9.18 Å². The predicted molar refractivity (Wildman–Crippen MR) is 88.2 cm³/mol. The highest BCUT2D eigenvalue weighted by Crippen LogP contribution is 2.19. The number of rotatable bonds is 6. The van der Waals surface area contributed by atoms with Gasteiger partial charge in [0.05, 0.1) is 0 Å². The summed E-state index contributed by atoms with van der Waals surface area (Å²) in [7, 11) is 0. The molecule has 0 aliphatic carbocycles. The molecule has 0 saturated heterocycles. The number of ether oxygens (including phenoxy) is 1. The molecule has 1 aromatic heterocycles. The molecule has 1 atom stereocenters. The highest BCUT2D eigenvalue weighted by molar-refractivity contribution is 5.77. The Balaban J connectivity index is 1.57. The summed E-state index contributed by atoms with van der Waals surface area (Å²) in [5.41, 5.74) is 0.627. The van der Waals surface area contributed by atoms with Crippen molar-refractivity contribution in [2.75, 3.05) is 6.61 Å². The molecule has 3 rings (SSSR count). The Kier molecular flexibility index (Phi) is 5.03. The lowest BCUT2D eigenvalue weighted by molar-refractivity contribution is -0.123. The number of carbonyl (C=O) groups excluding carboxylic acids is 1. The zero-order chi connectivity index (χ0) is 17.6. The summed E-state index contributed by atoms with van der Waals surface area (Å²) >= 11 is 0. The SMILES string of the molecule is C[C@H](NC(=O)COc1ccccc1)c1nc(-c2ccc(F)cc2)no1. The Hall–Kier alpha value is -3.22. The molecule has 7 heteroatoms. The standard InChI is InChI=1S/C18H16FN3O3/c1-12(20-16(23)11-24-15-5-3-2-4-6-15)18-21-17(22-25-18)13-7-9-14(19)10-8-13/h2-10,12H,11H2,1H3,(H,20,23)/t12-/m0/s1. The highest BCUT2D eigenvalue weighted by atomic mass is 19.1. The van der Waals surface area contributed by atoms with Crippen LogP contribution < -0.4 is 10.1 Å². The summed E-state index contributed by atoms with van der Waals surface area (Å²) in [5, 5.41) is 6.57. The number of halogens is 1. The van der Waals surface area contributed by atoms with Crippen molar-refractivity contribution in [3.8, 4) is 17.1 Å². The second kappa shape index (κ2) is 7.57. The van der Waals surface area contributed by atoms with Crippen LogP contribution >= 0.6 is 0 Å². The average Bonchev–Trinajstić information content (AvgIpc) is 3.12. The molecule has 0 saturated carbocycles. The third-order valence-electron chi connectivity index (χ3n) is 3.41. The van der Waals surface area contributed by atoms with Crippen LogP contribution in [-0.2, 0) is 4.79 Å². The quantitative estimate of drug-likeness (QED) is 0.745. The largest absolute Gasteiger partial charge is 0.484 e. The van der Waals surface area contributed by atoms with E-state index >= 15 is 0 Å². The van der Waals surface area contributed by atoms with Crippen LogP contribution in [0.3, 0.4) is 0 Å². The van der Waals surface area contributed by atoms with E-state index in [1.807, 2.05) is 18.2 Å². The number of benzene rings is 2. The minimum atomic E-state index is -0.478. The molecule has 3 aromatic rings. The Morgan fingerprint density at radius 2 is 1.92 bits per heavy atom. The Labute approximate surface area is 143 Å². The van der Waals surface area contributed by atoms with Gasteiger partial charge in [0.25, 0.3) is 5.91 Å². The molecule has 0 aliphatic rings. The van der Waals surface area contributed by atoms with Crippen LogP contribution in [0.1, 0.15) is 18.9 Å². The number of nitrogens with zero attached hydrogens (tertiary/aromatic N) is 2.